The molecule has 1 aliphatic rings. The van der Waals surface area contributed by atoms with E-state index < -0.39 is 6.43 Å². The summed E-state index contributed by atoms with van der Waals surface area (Å²) in [5.74, 6) is 0. The zero-order valence-corrected chi connectivity index (χ0v) is 5.90. The van der Waals surface area contributed by atoms with Gasteiger partial charge in [0.15, 0.2) is 0 Å². The van der Waals surface area contributed by atoms with Crippen molar-refractivity contribution in [2.45, 2.75) is 26.2 Å². The third-order valence-corrected chi connectivity index (χ3v) is 1.59. The highest BCUT2D eigenvalue weighted by Crippen LogP contribution is 2.21. The van der Waals surface area contributed by atoms with Gasteiger partial charge in [-0.1, -0.05) is 17.7 Å². The summed E-state index contributed by atoms with van der Waals surface area (Å²) in [6.45, 7) is 1.85. The number of alkyl halides is 2. The maximum Gasteiger partial charge on any atom is 0.260 e. The van der Waals surface area contributed by atoms with Crippen LogP contribution in [0.3, 0.4) is 0 Å². The lowest BCUT2D eigenvalue weighted by molar-refractivity contribution is 0.184. The lowest BCUT2D eigenvalue weighted by atomic mass is 10.0. The Morgan fingerprint density at radius 2 is 2.20 bits per heavy atom. The maximum absolute atomic E-state index is 12.0. The largest absolute Gasteiger partial charge is 0.260 e. The summed E-state index contributed by atoms with van der Waals surface area (Å²) in [6, 6.07) is 0. The molecule has 0 spiro atoms. The highest BCUT2D eigenvalue weighted by molar-refractivity contribution is 5.27. The Balaban J connectivity index is 2.69. The molecule has 0 N–H and O–H groups in total. The molecule has 10 heavy (non-hydrogen) atoms. The molecule has 0 aromatic rings. The van der Waals surface area contributed by atoms with Gasteiger partial charge in [-0.25, -0.2) is 8.78 Å². The Morgan fingerprint density at radius 3 is 2.60 bits per heavy atom. The van der Waals surface area contributed by atoms with Crippen LogP contribution in [0.1, 0.15) is 19.8 Å². The quantitative estimate of drug-likeness (QED) is 0.530. The van der Waals surface area contributed by atoms with Crippen LogP contribution in [0, 0.1) is 0 Å². The van der Waals surface area contributed by atoms with Gasteiger partial charge < -0.3 is 0 Å². The van der Waals surface area contributed by atoms with E-state index in [1.54, 1.807) is 6.08 Å². The van der Waals surface area contributed by atoms with Crippen molar-refractivity contribution >= 4 is 0 Å². The van der Waals surface area contributed by atoms with Gasteiger partial charge in [0.05, 0.1) is 0 Å². The Bertz CT molecular complexity index is 178. The summed E-state index contributed by atoms with van der Waals surface area (Å²) in [6.07, 6.45) is 2.58. The Labute approximate surface area is 59.2 Å². The lowest BCUT2D eigenvalue weighted by Gasteiger charge is -2.09. The summed E-state index contributed by atoms with van der Waals surface area (Å²) in [5.41, 5.74) is 1.24. The van der Waals surface area contributed by atoms with Crippen LogP contribution in [0.4, 0.5) is 8.78 Å². The van der Waals surface area contributed by atoms with Crippen LogP contribution < -0.4 is 0 Å². The van der Waals surface area contributed by atoms with Crippen molar-refractivity contribution in [3.05, 3.63) is 23.3 Å². The van der Waals surface area contributed by atoms with E-state index >= 15 is 0 Å². The fraction of sp³-hybridized carbons (Fsp3) is 0.500. The topological polar surface area (TPSA) is 0 Å². The van der Waals surface area contributed by atoms with Gasteiger partial charge in [-0.3, -0.25) is 0 Å². The Morgan fingerprint density at radius 1 is 1.50 bits per heavy atom. The van der Waals surface area contributed by atoms with Gasteiger partial charge >= 0.3 is 0 Å². The molecule has 56 valence electrons. The van der Waals surface area contributed by atoms with Crippen molar-refractivity contribution in [3.63, 3.8) is 0 Å². The van der Waals surface area contributed by atoms with Crippen LogP contribution in [0.25, 0.3) is 0 Å². The monoisotopic (exact) mass is 144 g/mol. The van der Waals surface area contributed by atoms with Gasteiger partial charge in [0, 0.05) is 0 Å². The zero-order chi connectivity index (χ0) is 7.56. The van der Waals surface area contributed by atoms with Crippen LogP contribution in [0.15, 0.2) is 23.3 Å². The first-order chi connectivity index (χ1) is 4.70. The van der Waals surface area contributed by atoms with E-state index in [9.17, 15) is 8.78 Å². The smallest absolute Gasteiger partial charge is 0.205 e. The molecular weight excluding hydrogens is 134 g/mol. The third-order valence-electron chi connectivity index (χ3n) is 1.59. The molecule has 0 heterocycles. The first-order valence-electron chi connectivity index (χ1n) is 3.35. The molecule has 0 bridgehead atoms. The Kier molecular flexibility index (Phi) is 2.20. The van der Waals surface area contributed by atoms with E-state index in [0.29, 0.717) is 6.42 Å². The molecule has 2 heteroatoms. The predicted molar refractivity (Wildman–Crippen MR) is 37.1 cm³/mol. The first-order valence-corrected chi connectivity index (χ1v) is 3.35. The summed E-state index contributed by atoms with van der Waals surface area (Å²) in [5, 5.41) is 0. The number of rotatable bonds is 1. The molecule has 0 radical (unpaired) electrons. The van der Waals surface area contributed by atoms with Crippen LogP contribution in [-0.4, -0.2) is 6.43 Å². The van der Waals surface area contributed by atoms with Crippen molar-refractivity contribution in [1.29, 1.82) is 0 Å². The molecule has 0 saturated carbocycles. The van der Waals surface area contributed by atoms with E-state index in [1.165, 1.54) is 0 Å². The van der Waals surface area contributed by atoms with Crippen LogP contribution >= 0.6 is 0 Å². The van der Waals surface area contributed by atoms with Gasteiger partial charge in [-0.2, -0.15) is 0 Å². The average molecular weight is 144 g/mol. The zero-order valence-electron chi connectivity index (χ0n) is 5.90. The molecule has 0 atom stereocenters. The molecular formula is C8H10F2. The summed E-state index contributed by atoms with van der Waals surface area (Å²) in [4.78, 5) is 0. The van der Waals surface area contributed by atoms with Gasteiger partial charge in [0.2, 0.25) is 0 Å². The second-order valence-electron chi connectivity index (χ2n) is 2.51. The summed E-state index contributed by atoms with van der Waals surface area (Å²) >= 11 is 0. The van der Waals surface area contributed by atoms with Gasteiger partial charge in [-0.05, 0) is 25.3 Å². The summed E-state index contributed by atoms with van der Waals surface area (Å²) in [7, 11) is 0. The van der Waals surface area contributed by atoms with Crippen LogP contribution in [0.5, 0.6) is 0 Å². The van der Waals surface area contributed by atoms with Gasteiger partial charge in [0.1, 0.15) is 0 Å². The highest BCUT2D eigenvalue weighted by Gasteiger charge is 2.12. The second-order valence-corrected chi connectivity index (χ2v) is 2.51. The van der Waals surface area contributed by atoms with Crippen LogP contribution in [-0.2, 0) is 0 Å². The molecule has 0 amide bonds. The lowest BCUT2D eigenvalue weighted by Crippen LogP contribution is -1.99. The molecule has 0 aromatic heterocycles. The molecule has 0 fully saturated rings. The number of hydrogen-bond donors (Lipinski definition) is 0. The fourth-order valence-electron chi connectivity index (χ4n) is 1.06. The van der Waals surface area contributed by atoms with E-state index in [-0.39, 0.29) is 5.57 Å². The van der Waals surface area contributed by atoms with Crippen molar-refractivity contribution in [1.82, 2.24) is 0 Å². The molecule has 0 unspecified atom stereocenters. The predicted octanol–water partition coefficient (Wildman–Crippen LogP) is 2.92. The molecule has 0 aliphatic heterocycles. The summed E-state index contributed by atoms with van der Waals surface area (Å²) < 4.78 is 24.0. The molecule has 0 saturated heterocycles. The van der Waals surface area contributed by atoms with Crippen molar-refractivity contribution in [2.24, 2.45) is 0 Å². The van der Waals surface area contributed by atoms with E-state index in [1.807, 2.05) is 13.0 Å². The molecule has 1 aliphatic carbocycles. The van der Waals surface area contributed by atoms with E-state index in [2.05, 4.69) is 0 Å². The molecule has 0 nitrogen and oxygen atoms in total. The van der Waals surface area contributed by atoms with Crippen molar-refractivity contribution < 1.29 is 8.78 Å². The number of halogens is 2. The number of hydrogen-bond acceptors (Lipinski definition) is 0. The first kappa shape index (κ1) is 7.45. The van der Waals surface area contributed by atoms with Gasteiger partial charge in [-0.15, -0.1) is 0 Å². The number of allylic oxidation sites excluding steroid dienone is 4. The van der Waals surface area contributed by atoms with Gasteiger partial charge in [0.25, 0.3) is 6.43 Å². The van der Waals surface area contributed by atoms with E-state index in [4.69, 9.17) is 0 Å². The molecule has 0 aromatic carbocycles. The van der Waals surface area contributed by atoms with Crippen LogP contribution in [0.2, 0.25) is 0 Å². The minimum atomic E-state index is -2.26. The minimum absolute atomic E-state index is 0.278. The average Bonchev–Trinajstić information content (AvgIpc) is 1.88. The Hall–Kier alpha value is -0.660. The van der Waals surface area contributed by atoms with Crippen molar-refractivity contribution in [3.8, 4) is 0 Å². The SMILES string of the molecule is CC1=CCCC(C(F)F)=C1. The maximum atomic E-state index is 12.0. The molecule has 1 rings (SSSR count). The third kappa shape index (κ3) is 1.66. The van der Waals surface area contributed by atoms with E-state index in [0.717, 1.165) is 12.0 Å². The fourth-order valence-corrected chi connectivity index (χ4v) is 1.06. The van der Waals surface area contributed by atoms with Crippen molar-refractivity contribution in [2.75, 3.05) is 0 Å². The highest BCUT2D eigenvalue weighted by atomic mass is 19.3. The minimum Gasteiger partial charge on any atom is -0.205 e. The normalized spacial score (nSPS) is 18.8. The second kappa shape index (κ2) is 2.95. The standard InChI is InChI=1S/C8H10F2/c1-6-3-2-4-7(5-6)8(9)10/h3,5,8H,2,4H2,1H3.